The molecule has 0 atom stereocenters. The van der Waals surface area contributed by atoms with Crippen molar-refractivity contribution in [2.75, 3.05) is 20.3 Å². The lowest BCUT2D eigenvalue weighted by Crippen LogP contribution is -2.05. The largest absolute Gasteiger partial charge is 0.496 e. The third kappa shape index (κ3) is 3.54. The molecule has 1 aliphatic heterocycles. The van der Waals surface area contributed by atoms with Gasteiger partial charge in [0, 0.05) is 16.5 Å². The van der Waals surface area contributed by atoms with E-state index >= 15 is 0 Å². The second kappa shape index (κ2) is 7.64. The van der Waals surface area contributed by atoms with Crippen LogP contribution in [0.2, 0.25) is 5.15 Å². The number of fused-ring (bicyclic) bond motifs is 1. The molecule has 0 unspecified atom stereocenters. The molecule has 0 fully saturated rings. The molecule has 0 bridgehead atoms. The first kappa shape index (κ1) is 17.9. The number of aliphatic hydroxyl groups is 1. The molecule has 2 aromatic heterocycles. The number of benzene rings is 1. The Labute approximate surface area is 162 Å². The van der Waals surface area contributed by atoms with Crippen LogP contribution in [0, 0.1) is 0 Å². The van der Waals surface area contributed by atoms with Crippen molar-refractivity contribution in [2.24, 2.45) is 0 Å². The maximum Gasteiger partial charge on any atom is 0.162 e. The van der Waals surface area contributed by atoms with Crippen LogP contribution < -0.4 is 4.74 Å². The summed E-state index contributed by atoms with van der Waals surface area (Å²) in [5, 5.41) is 11.0. The number of nitrogens with zero attached hydrogens (tertiary/aromatic N) is 2. The second-order valence-corrected chi connectivity index (χ2v) is 6.69. The van der Waals surface area contributed by atoms with Crippen LogP contribution in [0.4, 0.5) is 0 Å². The van der Waals surface area contributed by atoms with Gasteiger partial charge in [-0.1, -0.05) is 17.7 Å². The molecule has 0 radical (unpaired) electrons. The molecule has 0 saturated carbocycles. The zero-order chi connectivity index (χ0) is 18.8. The molecule has 27 heavy (non-hydrogen) atoms. The van der Waals surface area contributed by atoms with Crippen molar-refractivity contribution in [1.29, 1.82) is 0 Å². The molecule has 0 amide bonds. The van der Waals surface area contributed by atoms with E-state index in [1.807, 2.05) is 24.3 Å². The van der Waals surface area contributed by atoms with E-state index in [4.69, 9.17) is 26.1 Å². The third-order valence-electron chi connectivity index (χ3n) is 4.69. The highest BCUT2D eigenvalue weighted by Crippen LogP contribution is 2.33. The normalized spacial score (nSPS) is 14.3. The monoisotopic (exact) mass is 382 g/mol. The molecule has 5 nitrogen and oxygen atoms in total. The molecule has 3 heterocycles. The van der Waals surface area contributed by atoms with E-state index in [1.165, 1.54) is 5.57 Å². The molecule has 4 rings (SSSR count). The van der Waals surface area contributed by atoms with Crippen molar-refractivity contribution in [3.8, 4) is 17.0 Å². The van der Waals surface area contributed by atoms with Crippen LogP contribution in [-0.4, -0.2) is 35.4 Å². The van der Waals surface area contributed by atoms with Gasteiger partial charge in [0.15, 0.2) is 5.65 Å². The molecule has 0 saturated heterocycles. The van der Waals surface area contributed by atoms with Crippen LogP contribution in [0.1, 0.15) is 17.5 Å². The Hall–Kier alpha value is -2.47. The lowest BCUT2D eigenvalue weighted by Gasteiger charge is -2.17. The van der Waals surface area contributed by atoms with E-state index in [9.17, 15) is 5.11 Å². The molecular formula is C21H19ClN2O3. The minimum Gasteiger partial charge on any atom is -0.496 e. The van der Waals surface area contributed by atoms with E-state index in [1.54, 1.807) is 13.2 Å². The van der Waals surface area contributed by atoms with Gasteiger partial charge in [-0.05, 0) is 54.0 Å². The summed E-state index contributed by atoms with van der Waals surface area (Å²) >= 11 is 6.11. The molecule has 6 heteroatoms. The Balaban J connectivity index is 1.92. The van der Waals surface area contributed by atoms with Crippen LogP contribution in [0.15, 0.2) is 42.5 Å². The molecule has 1 aliphatic rings. The zero-order valence-electron chi connectivity index (χ0n) is 14.9. The Kier molecular flexibility index (Phi) is 5.07. The van der Waals surface area contributed by atoms with E-state index < -0.39 is 0 Å². The average molecular weight is 383 g/mol. The van der Waals surface area contributed by atoms with Gasteiger partial charge in [-0.2, -0.15) is 0 Å². The van der Waals surface area contributed by atoms with E-state index in [-0.39, 0.29) is 6.61 Å². The van der Waals surface area contributed by atoms with Gasteiger partial charge in [-0.25, -0.2) is 9.97 Å². The Bertz CT molecular complexity index is 1030. The van der Waals surface area contributed by atoms with Crippen molar-refractivity contribution in [1.82, 2.24) is 9.97 Å². The van der Waals surface area contributed by atoms with E-state index in [0.29, 0.717) is 35.3 Å². The Morgan fingerprint density at radius 1 is 1.19 bits per heavy atom. The van der Waals surface area contributed by atoms with Crippen molar-refractivity contribution in [3.05, 3.63) is 58.8 Å². The summed E-state index contributed by atoms with van der Waals surface area (Å²) in [7, 11) is 1.59. The standard InChI is InChI=1S/C21H19ClN2O3/c1-26-19-4-2-14(10-15(19)12-25)18-11-17(13-6-8-27-9-7-13)16-3-5-20(22)24-21(16)23-18/h2-6,10-11,25H,7-9,12H2,1H3. The molecular weight excluding hydrogens is 364 g/mol. The smallest absolute Gasteiger partial charge is 0.162 e. The minimum absolute atomic E-state index is 0.107. The van der Waals surface area contributed by atoms with Gasteiger partial charge < -0.3 is 14.6 Å². The van der Waals surface area contributed by atoms with Gasteiger partial charge in [0.1, 0.15) is 10.9 Å². The fourth-order valence-corrected chi connectivity index (χ4v) is 3.47. The van der Waals surface area contributed by atoms with Gasteiger partial charge >= 0.3 is 0 Å². The van der Waals surface area contributed by atoms with Crippen molar-refractivity contribution in [3.63, 3.8) is 0 Å². The number of ether oxygens (including phenoxy) is 2. The number of pyridine rings is 2. The van der Waals surface area contributed by atoms with Crippen molar-refractivity contribution < 1.29 is 14.6 Å². The summed E-state index contributed by atoms with van der Waals surface area (Å²) in [5.74, 6) is 0.649. The van der Waals surface area contributed by atoms with Crippen LogP contribution in [-0.2, 0) is 11.3 Å². The fourth-order valence-electron chi connectivity index (χ4n) is 3.33. The number of methoxy groups -OCH3 is 1. The summed E-state index contributed by atoms with van der Waals surface area (Å²) in [6, 6.07) is 11.5. The Morgan fingerprint density at radius 2 is 2.07 bits per heavy atom. The van der Waals surface area contributed by atoms with E-state index in [2.05, 4.69) is 17.1 Å². The predicted molar refractivity (Wildman–Crippen MR) is 106 cm³/mol. The van der Waals surface area contributed by atoms with Crippen molar-refractivity contribution >= 4 is 28.2 Å². The summed E-state index contributed by atoms with van der Waals surface area (Å²) in [5.41, 5.74) is 5.28. The molecule has 3 aromatic rings. The number of rotatable bonds is 4. The number of hydrogen-bond donors (Lipinski definition) is 1. The zero-order valence-corrected chi connectivity index (χ0v) is 15.7. The van der Waals surface area contributed by atoms with Gasteiger partial charge in [0.25, 0.3) is 0 Å². The van der Waals surface area contributed by atoms with Crippen LogP contribution in [0.5, 0.6) is 5.75 Å². The molecule has 138 valence electrons. The minimum atomic E-state index is -0.107. The highest BCUT2D eigenvalue weighted by molar-refractivity contribution is 6.29. The lowest BCUT2D eigenvalue weighted by molar-refractivity contribution is 0.161. The number of halogens is 1. The SMILES string of the molecule is COc1ccc(-c2cc(C3=CCOCC3)c3ccc(Cl)nc3n2)cc1CO. The second-order valence-electron chi connectivity index (χ2n) is 6.30. The maximum atomic E-state index is 9.63. The average Bonchev–Trinajstić information content (AvgIpc) is 2.72. The lowest BCUT2D eigenvalue weighted by atomic mass is 9.96. The quantitative estimate of drug-likeness (QED) is 0.683. The molecule has 1 N–H and O–H groups in total. The van der Waals surface area contributed by atoms with Gasteiger partial charge in [-0.15, -0.1) is 0 Å². The topological polar surface area (TPSA) is 64.5 Å². The summed E-state index contributed by atoms with van der Waals surface area (Å²) in [6.07, 6.45) is 2.94. The third-order valence-corrected chi connectivity index (χ3v) is 4.91. The van der Waals surface area contributed by atoms with Crippen LogP contribution in [0.25, 0.3) is 27.9 Å². The highest BCUT2D eigenvalue weighted by atomic mass is 35.5. The number of aromatic nitrogens is 2. The Morgan fingerprint density at radius 3 is 2.81 bits per heavy atom. The predicted octanol–water partition coefficient (Wildman–Crippen LogP) is 4.25. The highest BCUT2D eigenvalue weighted by Gasteiger charge is 2.15. The summed E-state index contributed by atoms with van der Waals surface area (Å²) < 4.78 is 10.8. The molecule has 0 spiro atoms. The molecule has 0 aliphatic carbocycles. The van der Waals surface area contributed by atoms with Crippen molar-refractivity contribution in [2.45, 2.75) is 13.0 Å². The first-order chi connectivity index (χ1) is 13.2. The molecule has 1 aromatic carbocycles. The van der Waals surface area contributed by atoms with Crippen LogP contribution >= 0.6 is 11.6 Å². The van der Waals surface area contributed by atoms with Gasteiger partial charge in [0.05, 0.1) is 32.6 Å². The maximum absolute atomic E-state index is 9.63. The number of hydrogen-bond acceptors (Lipinski definition) is 5. The van der Waals surface area contributed by atoms with Gasteiger partial charge in [0.2, 0.25) is 0 Å². The van der Waals surface area contributed by atoms with E-state index in [0.717, 1.165) is 28.6 Å². The number of aliphatic hydroxyl groups excluding tert-OH is 1. The summed E-state index contributed by atoms with van der Waals surface area (Å²) in [6.45, 7) is 1.19. The van der Waals surface area contributed by atoms with Crippen LogP contribution in [0.3, 0.4) is 0 Å². The first-order valence-electron chi connectivity index (χ1n) is 8.72. The first-order valence-corrected chi connectivity index (χ1v) is 9.10. The summed E-state index contributed by atoms with van der Waals surface area (Å²) in [4.78, 5) is 9.13. The fraction of sp³-hybridized carbons (Fsp3) is 0.238. The van der Waals surface area contributed by atoms with Gasteiger partial charge in [-0.3, -0.25) is 0 Å².